The zero-order valence-electron chi connectivity index (χ0n) is 26.5. The molecule has 3 atom stereocenters. The fourth-order valence-electron chi connectivity index (χ4n) is 5.68. The van der Waals surface area contributed by atoms with Crippen LogP contribution in [0.2, 0.25) is 0 Å². The van der Waals surface area contributed by atoms with Gasteiger partial charge in [0.2, 0.25) is 5.91 Å². The number of aryl methyl sites for hydroxylation is 3. The fourth-order valence-corrected chi connectivity index (χ4v) is 5.68. The van der Waals surface area contributed by atoms with E-state index in [1.807, 2.05) is 49.0 Å². The normalized spacial score (nSPS) is 17.2. The van der Waals surface area contributed by atoms with Crippen molar-refractivity contribution in [1.29, 1.82) is 0 Å². The molecular formula is C33H40N6O6. The van der Waals surface area contributed by atoms with E-state index in [1.165, 1.54) is 4.90 Å². The number of rotatable bonds is 8. The Kier molecular flexibility index (Phi) is 9.14. The highest BCUT2D eigenvalue weighted by Gasteiger charge is 2.34. The molecule has 0 aliphatic carbocycles. The summed E-state index contributed by atoms with van der Waals surface area (Å²) < 4.78 is 13.6. The van der Waals surface area contributed by atoms with Gasteiger partial charge in [-0.25, -0.2) is 4.79 Å². The maximum absolute atomic E-state index is 13.8. The summed E-state index contributed by atoms with van der Waals surface area (Å²) in [6.45, 7) is 7.48. The molecule has 5 rings (SSSR count). The minimum absolute atomic E-state index is 0.165. The van der Waals surface area contributed by atoms with Gasteiger partial charge >= 0.3 is 6.03 Å². The van der Waals surface area contributed by atoms with Crippen LogP contribution in [0.15, 0.2) is 53.2 Å². The highest BCUT2D eigenvalue weighted by atomic mass is 16.5. The van der Waals surface area contributed by atoms with Gasteiger partial charge in [0, 0.05) is 49.3 Å². The molecule has 238 valence electrons. The van der Waals surface area contributed by atoms with Gasteiger partial charge in [-0.05, 0) is 50.6 Å². The SMILES string of the molecule is Cc1noc(C)c1NC(=O)N(C)C[C@@H]1Oc2ccc(NC(=O)Cc3cn(C)c4ccccc34)cc2C(=O)N([C@H](C)CO)C[C@H]1C. The van der Waals surface area contributed by atoms with Crippen molar-refractivity contribution in [1.82, 2.24) is 19.5 Å². The van der Waals surface area contributed by atoms with Crippen LogP contribution in [0.1, 0.15) is 41.2 Å². The van der Waals surface area contributed by atoms with E-state index in [0.717, 1.165) is 16.5 Å². The fraction of sp³-hybridized carbons (Fsp3) is 0.394. The monoisotopic (exact) mass is 616 g/mol. The van der Waals surface area contributed by atoms with Crippen molar-refractivity contribution in [3.8, 4) is 5.75 Å². The Morgan fingerprint density at radius 1 is 1.18 bits per heavy atom. The maximum atomic E-state index is 13.8. The second-order valence-corrected chi connectivity index (χ2v) is 11.9. The zero-order chi connectivity index (χ0) is 32.4. The summed E-state index contributed by atoms with van der Waals surface area (Å²) in [6, 6.07) is 12.1. The van der Waals surface area contributed by atoms with Gasteiger partial charge in [-0.2, -0.15) is 0 Å². The van der Waals surface area contributed by atoms with Crippen LogP contribution in [-0.4, -0.2) is 81.4 Å². The summed E-state index contributed by atoms with van der Waals surface area (Å²) in [4.78, 5) is 43.1. The van der Waals surface area contributed by atoms with Crippen molar-refractivity contribution < 1.29 is 28.8 Å². The number of amides is 4. The number of para-hydroxylation sites is 1. The third kappa shape index (κ3) is 6.65. The van der Waals surface area contributed by atoms with E-state index in [1.54, 1.807) is 50.9 Å². The Labute approximate surface area is 261 Å². The number of ether oxygens (including phenoxy) is 1. The maximum Gasteiger partial charge on any atom is 0.321 e. The van der Waals surface area contributed by atoms with Gasteiger partial charge in [-0.15, -0.1) is 0 Å². The van der Waals surface area contributed by atoms with Crippen LogP contribution in [0, 0.1) is 19.8 Å². The van der Waals surface area contributed by atoms with Crippen molar-refractivity contribution in [2.24, 2.45) is 13.0 Å². The average molecular weight is 617 g/mol. The molecule has 4 amide bonds. The molecule has 0 spiro atoms. The summed E-state index contributed by atoms with van der Waals surface area (Å²) in [5.41, 5.74) is 3.75. The van der Waals surface area contributed by atoms with E-state index in [4.69, 9.17) is 9.26 Å². The van der Waals surface area contributed by atoms with Gasteiger partial charge in [0.15, 0.2) is 5.76 Å². The molecule has 0 radical (unpaired) electrons. The van der Waals surface area contributed by atoms with E-state index >= 15 is 0 Å². The highest BCUT2D eigenvalue weighted by molar-refractivity contribution is 6.01. The number of aliphatic hydroxyl groups is 1. The van der Waals surface area contributed by atoms with E-state index in [2.05, 4.69) is 15.8 Å². The van der Waals surface area contributed by atoms with Crippen LogP contribution in [0.5, 0.6) is 5.75 Å². The van der Waals surface area contributed by atoms with Crippen molar-refractivity contribution >= 4 is 40.1 Å². The van der Waals surface area contributed by atoms with Gasteiger partial charge in [0.25, 0.3) is 5.91 Å². The lowest BCUT2D eigenvalue weighted by Gasteiger charge is -2.38. The minimum atomic E-state index is -0.488. The Morgan fingerprint density at radius 3 is 2.64 bits per heavy atom. The number of hydrogen-bond acceptors (Lipinski definition) is 7. The Bertz CT molecular complexity index is 1710. The quantitative estimate of drug-likeness (QED) is 0.267. The topological polar surface area (TPSA) is 142 Å². The molecule has 1 aliphatic heterocycles. The second kappa shape index (κ2) is 13.0. The smallest absolute Gasteiger partial charge is 0.321 e. The van der Waals surface area contributed by atoms with E-state index in [0.29, 0.717) is 35.1 Å². The molecule has 1 aliphatic rings. The molecule has 0 saturated heterocycles. The molecule has 3 heterocycles. The van der Waals surface area contributed by atoms with Crippen LogP contribution in [0.4, 0.5) is 16.2 Å². The zero-order valence-corrected chi connectivity index (χ0v) is 26.5. The number of aromatic nitrogens is 2. The number of anilines is 2. The number of carbonyl (C=O) groups excluding carboxylic acids is 3. The third-order valence-electron chi connectivity index (χ3n) is 8.34. The Morgan fingerprint density at radius 2 is 1.93 bits per heavy atom. The van der Waals surface area contributed by atoms with Gasteiger partial charge in [0.1, 0.15) is 23.2 Å². The molecular weight excluding hydrogens is 576 g/mol. The molecule has 2 aromatic carbocycles. The van der Waals surface area contributed by atoms with Crippen LogP contribution in [0.3, 0.4) is 0 Å². The van der Waals surface area contributed by atoms with Crippen LogP contribution in [-0.2, 0) is 18.3 Å². The van der Waals surface area contributed by atoms with Crippen LogP contribution >= 0.6 is 0 Å². The van der Waals surface area contributed by atoms with Gasteiger partial charge in [0.05, 0.1) is 31.2 Å². The standard InChI is InChI=1S/C33H40N6O6/c1-19-15-39(20(2)18-40)32(42)26-14-24(34-30(41)13-23-16-37(5)27-10-8-7-9-25(23)27)11-12-28(26)44-29(19)17-38(6)33(43)35-31-21(3)36-45-22(31)4/h7-12,14,16,19-20,29,40H,13,15,17-18H2,1-6H3,(H,34,41)(H,35,43)/t19-,20-,29+/m1/s1. The number of nitrogens with zero attached hydrogens (tertiary/aromatic N) is 4. The molecule has 12 nitrogen and oxygen atoms in total. The lowest BCUT2D eigenvalue weighted by atomic mass is 9.99. The number of fused-ring (bicyclic) bond motifs is 2. The lowest BCUT2D eigenvalue weighted by Crippen LogP contribution is -2.50. The van der Waals surface area contributed by atoms with Gasteiger partial charge in [-0.1, -0.05) is 30.3 Å². The number of benzene rings is 2. The van der Waals surface area contributed by atoms with Crippen LogP contribution in [0.25, 0.3) is 10.9 Å². The molecule has 0 unspecified atom stereocenters. The van der Waals surface area contributed by atoms with Crippen molar-refractivity contribution in [2.75, 3.05) is 37.4 Å². The van der Waals surface area contributed by atoms with Crippen molar-refractivity contribution in [2.45, 2.75) is 46.3 Å². The van der Waals surface area contributed by atoms with E-state index < -0.39 is 12.1 Å². The summed E-state index contributed by atoms with van der Waals surface area (Å²) in [5.74, 6) is 0.115. The number of hydrogen-bond donors (Lipinski definition) is 3. The predicted molar refractivity (Wildman–Crippen MR) is 170 cm³/mol. The Hall–Kier alpha value is -4.84. The average Bonchev–Trinajstić information content (AvgIpc) is 3.51. The summed E-state index contributed by atoms with van der Waals surface area (Å²) >= 11 is 0. The number of likely N-dealkylation sites (N-methyl/N-ethyl adjacent to an activating group) is 1. The molecule has 3 N–H and O–H groups in total. The largest absolute Gasteiger partial charge is 0.487 e. The first kappa shape index (κ1) is 31.6. The summed E-state index contributed by atoms with van der Waals surface area (Å²) in [7, 11) is 3.61. The second-order valence-electron chi connectivity index (χ2n) is 11.9. The summed E-state index contributed by atoms with van der Waals surface area (Å²) in [5, 5.41) is 20.7. The third-order valence-corrected chi connectivity index (χ3v) is 8.34. The number of aliphatic hydroxyl groups excluding tert-OH is 1. The lowest BCUT2D eigenvalue weighted by molar-refractivity contribution is -0.115. The molecule has 45 heavy (non-hydrogen) atoms. The Balaban J connectivity index is 1.37. The molecule has 12 heteroatoms. The molecule has 4 aromatic rings. The van der Waals surface area contributed by atoms with Gasteiger partial charge < -0.3 is 39.4 Å². The molecule has 0 saturated carbocycles. The van der Waals surface area contributed by atoms with Crippen molar-refractivity contribution in [3.63, 3.8) is 0 Å². The molecule has 0 fully saturated rings. The molecule has 0 bridgehead atoms. The number of nitrogens with one attached hydrogen (secondary N) is 2. The minimum Gasteiger partial charge on any atom is -0.487 e. The van der Waals surface area contributed by atoms with E-state index in [9.17, 15) is 19.5 Å². The van der Waals surface area contributed by atoms with E-state index in [-0.39, 0.29) is 48.9 Å². The van der Waals surface area contributed by atoms with Crippen LogP contribution < -0.4 is 15.4 Å². The highest BCUT2D eigenvalue weighted by Crippen LogP contribution is 2.31. The first-order valence-electron chi connectivity index (χ1n) is 15.0. The molecule has 2 aromatic heterocycles. The first-order valence-corrected chi connectivity index (χ1v) is 15.0. The number of carbonyl (C=O) groups is 3. The predicted octanol–water partition coefficient (Wildman–Crippen LogP) is 4.35. The first-order chi connectivity index (χ1) is 21.5. The number of urea groups is 1. The summed E-state index contributed by atoms with van der Waals surface area (Å²) in [6.07, 6.45) is 1.62. The van der Waals surface area contributed by atoms with Gasteiger partial charge in [-0.3, -0.25) is 9.59 Å². The van der Waals surface area contributed by atoms with Crippen molar-refractivity contribution in [3.05, 3.63) is 71.2 Å².